The van der Waals surface area contributed by atoms with Gasteiger partial charge in [-0.15, -0.1) is 0 Å². The van der Waals surface area contributed by atoms with E-state index < -0.39 is 0 Å². The van der Waals surface area contributed by atoms with Crippen molar-refractivity contribution in [1.29, 1.82) is 0 Å². The summed E-state index contributed by atoms with van der Waals surface area (Å²) >= 11 is 0. The van der Waals surface area contributed by atoms with Crippen molar-refractivity contribution in [2.24, 2.45) is 0 Å². The van der Waals surface area contributed by atoms with Gasteiger partial charge in [0.05, 0.1) is 12.6 Å². The van der Waals surface area contributed by atoms with Gasteiger partial charge in [-0.1, -0.05) is 29.8 Å². The minimum Gasteiger partial charge on any atom is -0.351 e. The molecule has 1 fully saturated rings. The molecule has 2 amide bonds. The highest BCUT2D eigenvalue weighted by Gasteiger charge is 2.26. The van der Waals surface area contributed by atoms with Crippen LogP contribution < -0.4 is 10.6 Å². The Morgan fingerprint density at radius 3 is 2.27 bits per heavy atom. The average molecular weight is 413 g/mol. The lowest BCUT2D eigenvalue weighted by atomic mass is 10.2. The van der Waals surface area contributed by atoms with E-state index in [2.05, 4.69) is 20.4 Å². The van der Waals surface area contributed by atoms with Crippen molar-refractivity contribution < 1.29 is 14.0 Å². The molecule has 0 aromatic heterocycles. The average Bonchev–Trinajstić information content (AvgIpc) is 2.75. The zero-order valence-corrected chi connectivity index (χ0v) is 17.5. The van der Waals surface area contributed by atoms with Crippen LogP contribution in [-0.2, 0) is 16.1 Å². The van der Waals surface area contributed by atoms with Crippen molar-refractivity contribution in [1.82, 2.24) is 15.1 Å². The fourth-order valence-corrected chi connectivity index (χ4v) is 3.45. The highest BCUT2D eigenvalue weighted by Crippen LogP contribution is 2.10. The Kier molecular flexibility index (Phi) is 7.54. The first-order chi connectivity index (χ1) is 14.4. The molecule has 2 aromatic carbocycles. The number of carbonyl (C=O) groups excluding carboxylic acids is 2. The summed E-state index contributed by atoms with van der Waals surface area (Å²) in [7, 11) is 0. The van der Waals surface area contributed by atoms with Crippen LogP contribution in [0.15, 0.2) is 48.5 Å². The molecule has 2 N–H and O–H groups in total. The summed E-state index contributed by atoms with van der Waals surface area (Å²) in [4.78, 5) is 29.0. The lowest BCUT2D eigenvalue weighted by Gasteiger charge is -2.37. The number of nitrogens with zero attached hydrogens (tertiary/aromatic N) is 2. The number of hydrogen-bond donors (Lipinski definition) is 2. The molecule has 2 aromatic rings. The third kappa shape index (κ3) is 6.37. The fourth-order valence-electron chi connectivity index (χ4n) is 3.45. The molecular weight excluding hydrogens is 383 g/mol. The molecule has 1 aliphatic heterocycles. The number of benzene rings is 2. The summed E-state index contributed by atoms with van der Waals surface area (Å²) in [5.41, 5.74) is 2.82. The minimum atomic E-state index is -0.288. The molecule has 0 spiro atoms. The number of halogens is 1. The standard InChI is InChI=1S/C23H29FN4O2/c1-17-3-9-21(10-4-17)26-22(29)16-27-11-13-28(14-12-27)18(2)23(30)25-15-19-5-7-20(24)8-6-19/h3-10,18H,11-16H2,1-2H3,(H,25,30)(H,26,29)/t18-/m0/s1. The lowest BCUT2D eigenvalue weighted by molar-refractivity contribution is -0.127. The number of amides is 2. The van der Waals surface area contributed by atoms with Crippen molar-refractivity contribution >= 4 is 17.5 Å². The first kappa shape index (κ1) is 21.9. The van der Waals surface area contributed by atoms with E-state index >= 15 is 0 Å². The topological polar surface area (TPSA) is 64.7 Å². The van der Waals surface area contributed by atoms with Crippen LogP contribution in [0.4, 0.5) is 10.1 Å². The molecular formula is C23H29FN4O2. The van der Waals surface area contributed by atoms with Crippen molar-refractivity contribution in [2.45, 2.75) is 26.4 Å². The van der Waals surface area contributed by atoms with Gasteiger partial charge in [0.15, 0.2) is 0 Å². The maximum Gasteiger partial charge on any atom is 0.238 e. The lowest BCUT2D eigenvalue weighted by Crippen LogP contribution is -2.54. The minimum absolute atomic E-state index is 0.0302. The second-order valence-corrected chi connectivity index (χ2v) is 7.75. The summed E-state index contributed by atoms with van der Waals surface area (Å²) in [6.07, 6.45) is 0. The highest BCUT2D eigenvalue weighted by atomic mass is 19.1. The molecule has 1 saturated heterocycles. The fraction of sp³-hybridized carbons (Fsp3) is 0.391. The van der Waals surface area contributed by atoms with E-state index in [1.165, 1.54) is 12.1 Å². The van der Waals surface area contributed by atoms with Crippen molar-refractivity contribution in [3.63, 3.8) is 0 Å². The summed E-state index contributed by atoms with van der Waals surface area (Å²) < 4.78 is 13.0. The molecule has 30 heavy (non-hydrogen) atoms. The van der Waals surface area contributed by atoms with Crippen LogP contribution in [0.2, 0.25) is 0 Å². The maximum atomic E-state index is 13.0. The third-order valence-electron chi connectivity index (χ3n) is 5.42. The zero-order chi connectivity index (χ0) is 21.5. The molecule has 0 bridgehead atoms. The number of piperazine rings is 1. The van der Waals surface area contributed by atoms with Gasteiger partial charge in [-0.25, -0.2) is 4.39 Å². The summed E-state index contributed by atoms with van der Waals surface area (Å²) in [6.45, 7) is 7.53. The second kappa shape index (κ2) is 10.3. The van der Waals surface area contributed by atoms with Gasteiger partial charge >= 0.3 is 0 Å². The van der Waals surface area contributed by atoms with E-state index in [-0.39, 0.29) is 23.7 Å². The normalized spacial score (nSPS) is 16.1. The van der Waals surface area contributed by atoms with Crippen LogP contribution >= 0.6 is 0 Å². The third-order valence-corrected chi connectivity index (χ3v) is 5.42. The first-order valence-electron chi connectivity index (χ1n) is 10.3. The van der Waals surface area contributed by atoms with Crippen molar-refractivity contribution in [2.75, 3.05) is 38.0 Å². The molecule has 6 nitrogen and oxygen atoms in total. The molecule has 0 saturated carbocycles. The predicted octanol–water partition coefficient (Wildman–Crippen LogP) is 2.40. The molecule has 0 aliphatic carbocycles. The number of aryl methyl sites for hydroxylation is 1. The van der Waals surface area contributed by atoms with Gasteiger partial charge in [0.25, 0.3) is 0 Å². The Morgan fingerprint density at radius 2 is 1.63 bits per heavy atom. The van der Waals surface area contributed by atoms with Crippen LogP contribution in [0.25, 0.3) is 0 Å². The van der Waals surface area contributed by atoms with Crippen LogP contribution in [0.1, 0.15) is 18.1 Å². The molecule has 1 heterocycles. The SMILES string of the molecule is Cc1ccc(NC(=O)CN2CCN([C@@H](C)C(=O)NCc3ccc(F)cc3)CC2)cc1. The summed E-state index contributed by atoms with van der Waals surface area (Å²) in [6, 6.07) is 13.6. The van der Waals surface area contributed by atoms with E-state index in [0.29, 0.717) is 13.1 Å². The molecule has 1 aliphatic rings. The first-order valence-corrected chi connectivity index (χ1v) is 10.3. The number of nitrogens with one attached hydrogen (secondary N) is 2. The number of anilines is 1. The van der Waals surface area contributed by atoms with E-state index in [4.69, 9.17) is 0 Å². The summed E-state index contributed by atoms with van der Waals surface area (Å²) in [5, 5.41) is 5.83. The van der Waals surface area contributed by atoms with Gasteiger partial charge in [-0.05, 0) is 43.7 Å². The highest BCUT2D eigenvalue weighted by molar-refractivity contribution is 5.92. The molecule has 0 unspecified atom stereocenters. The molecule has 160 valence electrons. The van der Waals surface area contributed by atoms with Gasteiger partial charge in [-0.3, -0.25) is 19.4 Å². The predicted molar refractivity (Wildman–Crippen MR) is 116 cm³/mol. The van der Waals surface area contributed by atoms with E-state index in [0.717, 1.165) is 43.0 Å². The quantitative estimate of drug-likeness (QED) is 0.733. The summed E-state index contributed by atoms with van der Waals surface area (Å²) in [5.74, 6) is -0.369. The van der Waals surface area contributed by atoms with Crippen LogP contribution in [0, 0.1) is 12.7 Å². The number of rotatable bonds is 7. The van der Waals surface area contributed by atoms with Crippen LogP contribution in [0.3, 0.4) is 0 Å². The Balaban J connectivity index is 1.39. The Morgan fingerprint density at radius 1 is 1.00 bits per heavy atom. The second-order valence-electron chi connectivity index (χ2n) is 7.75. The van der Waals surface area contributed by atoms with Crippen LogP contribution in [0.5, 0.6) is 0 Å². The van der Waals surface area contributed by atoms with Gasteiger partial charge in [0.1, 0.15) is 5.82 Å². The molecule has 3 rings (SSSR count). The monoisotopic (exact) mass is 412 g/mol. The Hall–Kier alpha value is -2.77. The van der Waals surface area contributed by atoms with Crippen molar-refractivity contribution in [3.05, 3.63) is 65.5 Å². The van der Waals surface area contributed by atoms with E-state index in [1.54, 1.807) is 12.1 Å². The number of carbonyl (C=O) groups is 2. The molecule has 1 atom stereocenters. The smallest absolute Gasteiger partial charge is 0.238 e. The van der Waals surface area contributed by atoms with Gasteiger partial charge in [0, 0.05) is 38.4 Å². The Labute approximate surface area is 177 Å². The van der Waals surface area contributed by atoms with Gasteiger partial charge in [0.2, 0.25) is 11.8 Å². The largest absolute Gasteiger partial charge is 0.351 e. The Bertz CT molecular complexity index is 847. The van der Waals surface area contributed by atoms with E-state index in [9.17, 15) is 14.0 Å². The maximum absolute atomic E-state index is 13.0. The number of hydrogen-bond acceptors (Lipinski definition) is 4. The van der Waals surface area contributed by atoms with Gasteiger partial charge < -0.3 is 10.6 Å². The van der Waals surface area contributed by atoms with Crippen molar-refractivity contribution in [3.8, 4) is 0 Å². The molecule has 7 heteroatoms. The molecule has 0 radical (unpaired) electrons. The van der Waals surface area contributed by atoms with Crippen LogP contribution in [-0.4, -0.2) is 60.4 Å². The zero-order valence-electron chi connectivity index (χ0n) is 17.5. The van der Waals surface area contributed by atoms with Gasteiger partial charge in [-0.2, -0.15) is 0 Å². The van der Waals surface area contributed by atoms with E-state index in [1.807, 2.05) is 38.1 Å².